The number of carbonyl (C=O) groups is 1. The topological polar surface area (TPSA) is 60.9 Å². The van der Waals surface area contributed by atoms with Gasteiger partial charge in [-0.1, -0.05) is 0 Å². The Morgan fingerprint density at radius 1 is 1.23 bits per heavy atom. The van der Waals surface area contributed by atoms with Crippen LogP contribution in [0.4, 0.5) is 0 Å². The average Bonchev–Trinajstić information content (AvgIpc) is 3.28. The van der Waals surface area contributed by atoms with Crippen LogP contribution in [0.1, 0.15) is 32.1 Å². The summed E-state index contributed by atoms with van der Waals surface area (Å²) in [7, 11) is 0.837. The van der Waals surface area contributed by atoms with Crippen LogP contribution < -0.4 is 0 Å². The molecule has 126 valence electrons. The maximum Gasteiger partial charge on any atom is 0.230 e. The van der Waals surface area contributed by atoms with Gasteiger partial charge >= 0.3 is 0 Å². The molecule has 2 saturated heterocycles. The van der Waals surface area contributed by atoms with Gasteiger partial charge in [0.25, 0.3) is 0 Å². The maximum atomic E-state index is 12.8. The van der Waals surface area contributed by atoms with Crippen molar-refractivity contribution in [1.29, 1.82) is 0 Å². The van der Waals surface area contributed by atoms with Gasteiger partial charge in [0.1, 0.15) is 0 Å². The number of nitrogens with zero attached hydrogens (tertiary/aromatic N) is 3. The van der Waals surface area contributed by atoms with Crippen LogP contribution >= 0.6 is 0 Å². The summed E-state index contributed by atoms with van der Waals surface area (Å²) in [6.45, 7) is 3.35. The molecule has 3 fully saturated rings. The second-order valence-corrected chi connectivity index (χ2v) is 9.52. The minimum atomic E-state index is -3.16. The Hall–Kier alpha value is -0.660. The van der Waals surface area contributed by atoms with Crippen molar-refractivity contribution in [3.63, 3.8) is 0 Å². The normalized spacial score (nSPS) is 30.7. The predicted molar refractivity (Wildman–Crippen MR) is 84.9 cm³/mol. The first-order valence-electron chi connectivity index (χ1n) is 8.28. The molecule has 7 heteroatoms. The van der Waals surface area contributed by atoms with E-state index in [4.69, 9.17) is 0 Å². The number of carbonyl (C=O) groups excluding carboxylic acids is 1. The number of hydrogen-bond acceptors (Lipinski definition) is 4. The molecule has 6 nitrogen and oxygen atoms in total. The van der Waals surface area contributed by atoms with Crippen molar-refractivity contribution in [1.82, 2.24) is 14.1 Å². The van der Waals surface area contributed by atoms with E-state index in [1.807, 2.05) is 19.0 Å². The van der Waals surface area contributed by atoms with Crippen molar-refractivity contribution < 1.29 is 13.2 Å². The van der Waals surface area contributed by atoms with Gasteiger partial charge < -0.3 is 9.80 Å². The molecule has 0 unspecified atom stereocenters. The molecular weight excluding hydrogens is 302 g/mol. The summed E-state index contributed by atoms with van der Waals surface area (Å²) in [4.78, 5) is 16.8. The largest absolute Gasteiger partial charge is 0.341 e. The molecule has 0 radical (unpaired) electrons. The summed E-state index contributed by atoms with van der Waals surface area (Å²) in [6.07, 6.45) is 4.01. The second kappa shape index (κ2) is 5.76. The van der Waals surface area contributed by atoms with Crippen LogP contribution in [-0.2, 0) is 14.8 Å². The number of hydrogen-bond donors (Lipinski definition) is 0. The molecule has 0 aromatic rings. The molecule has 1 atom stereocenters. The van der Waals surface area contributed by atoms with Crippen LogP contribution in [0.5, 0.6) is 0 Å². The van der Waals surface area contributed by atoms with Gasteiger partial charge in [0.15, 0.2) is 0 Å². The average molecular weight is 329 g/mol. The van der Waals surface area contributed by atoms with Crippen molar-refractivity contribution in [2.75, 3.05) is 46.8 Å². The van der Waals surface area contributed by atoms with E-state index in [9.17, 15) is 13.2 Å². The van der Waals surface area contributed by atoms with Crippen LogP contribution in [0, 0.1) is 5.41 Å². The van der Waals surface area contributed by atoms with Gasteiger partial charge in [-0.2, -0.15) is 0 Å². The van der Waals surface area contributed by atoms with Crippen molar-refractivity contribution >= 4 is 15.9 Å². The van der Waals surface area contributed by atoms with E-state index in [0.29, 0.717) is 13.1 Å². The second-order valence-electron chi connectivity index (χ2n) is 7.31. The molecule has 2 aliphatic heterocycles. The third-order valence-electron chi connectivity index (χ3n) is 5.27. The summed E-state index contributed by atoms with van der Waals surface area (Å²) in [6, 6.07) is 0. The maximum absolute atomic E-state index is 12.8. The fourth-order valence-electron chi connectivity index (χ4n) is 3.69. The lowest BCUT2D eigenvalue weighted by atomic mass is 9.79. The van der Waals surface area contributed by atoms with Crippen LogP contribution in [0.3, 0.4) is 0 Å². The van der Waals surface area contributed by atoms with Crippen molar-refractivity contribution in [3.05, 3.63) is 0 Å². The van der Waals surface area contributed by atoms with Crippen LogP contribution in [0.15, 0.2) is 0 Å². The van der Waals surface area contributed by atoms with Gasteiger partial charge in [-0.05, 0) is 46.2 Å². The summed E-state index contributed by atoms with van der Waals surface area (Å²) in [5, 5.41) is -0.177. The number of likely N-dealkylation sites (N-methyl/N-ethyl adjacent to an activating group) is 1. The van der Waals surface area contributed by atoms with E-state index in [1.165, 1.54) is 0 Å². The first kappa shape index (κ1) is 16.2. The zero-order valence-electron chi connectivity index (χ0n) is 13.6. The molecule has 3 aliphatic rings. The van der Waals surface area contributed by atoms with Crippen LogP contribution in [-0.4, -0.2) is 80.5 Å². The number of likely N-dealkylation sites (tertiary alicyclic amines) is 1. The molecule has 0 aromatic carbocycles. The van der Waals surface area contributed by atoms with Crippen molar-refractivity contribution in [3.8, 4) is 0 Å². The van der Waals surface area contributed by atoms with Gasteiger partial charge in [0, 0.05) is 32.7 Å². The van der Waals surface area contributed by atoms with Gasteiger partial charge in [-0.3, -0.25) is 4.79 Å². The zero-order chi connectivity index (χ0) is 16.0. The Kier molecular flexibility index (Phi) is 4.24. The highest BCUT2D eigenvalue weighted by Gasteiger charge is 2.52. The summed E-state index contributed by atoms with van der Waals surface area (Å²) in [5.41, 5.74) is -0.452. The summed E-state index contributed by atoms with van der Waals surface area (Å²) in [5.74, 6) is 0.171. The molecule has 0 aromatic heterocycles. The van der Waals surface area contributed by atoms with Crippen molar-refractivity contribution in [2.24, 2.45) is 5.41 Å². The highest BCUT2D eigenvalue weighted by atomic mass is 32.2. The van der Waals surface area contributed by atoms with Gasteiger partial charge in [0.2, 0.25) is 15.9 Å². The molecule has 3 rings (SSSR count). The first-order chi connectivity index (χ1) is 10.3. The highest BCUT2D eigenvalue weighted by Crippen LogP contribution is 2.42. The SMILES string of the molecule is CN(C)CCN1CC[C@]2(CCCN(S(=O)(=O)C3CC3)C2)C1=O. The standard InChI is InChI=1S/C15H27N3O3S/c1-16(2)10-11-17-9-7-15(14(17)19)6-3-8-18(12-15)22(20,21)13-4-5-13/h13H,3-12H2,1-2H3/t15-/m0/s1. The van der Waals surface area contributed by atoms with E-state index in [0.717, 1.165) is 51.7 Å². The van der Waals surface area contributed by atoms with E-state index >= 15 is 0 Å². The minimum Gasteiger partial charge on any atom is -0.341 e. The monoisotopic (exact) mass is 329 g/mol. The van der Waals surface area contributed by atoms with E-state index < -0.39 is 15.4 Å². The fraction of sp³-hybridized carbons (Fsp3) is 0.933. The molecule has 1 saturated carbocycles. The lowest BCUT2D eigenvalue weighted by Crippen LogP contribution is -2.50. The molecule has 2 heterocycles. The molecular formula is C15H27N3O3S. The summed E-state index contributed by atoms with van der Waals surface area (Å²) < 4.78 is 26.6. The van der Waals surface area contributed by atoms with Gasteiger partial charge in [0.05, 0.1) is 10.7 Å². The Morgan fingerprint density at radius 3 is 2.59 bits per heavy atom. The third-order valence-corrected chi connectivity index (χ3v) is 7.61. The third kappa shape index (κ3) is 2.90. The van der Waals surface area contributed by atoms with Crippen LogP contribution in [0.2, 0.25) is 0 Å². The Balaban J connectivity index is 1.69. The first-order valence-corrected chi connectivity index (χ1v) is 9.79. The Morgan fingerprint density at radius 2 is 1.95 bits per heavy atom. The molecule has 0 bridgehead atoms. The lowest BCUT2D eigenvalue weighted by Gasteiger charge is -2.38. The number of sulfonamides is 1. The van der Waals surface area contributed by atoms with E-state index in [2.05, 4.69) is 4.90 Å². The lowest BCUT2D eigenvalue weighted by molar-refractivity contribution is -0.137. The highest BCUT2D eigenvalue weighted by molar-refractivity contribution is 7.90. The fourth-order valence-corrected chi connectivity index (χ4v) is 5.65. The number of rotatable bonds is 5. The molecule has 1 spiro atoms. The Labute approximate surface area is 133 Å². The Bertz CT molecular complexity index is 544. The predicted octanol–water partition coefficient (Wildman–Crippen LogP) is 0.355. The van der Waals surface area contributed by atoms with Crippen molar-refractivity contribution in [2.45, 2.75) is 37.4 Å². The minimum absolute atomic E-state index is 0.171. The molecule has 0 N–H and O–H groups in total. The zero-order valence-corrected chi connectivity index (χ0v) is 14.4. The van der Waals surface area contributed by atoms with E-state index in [-0.39, 0.29) is 11.2 Å². The molecule has 1 amide bonds. The number of amides is 1. The van der Waals surface area contributed by atoms with Gasteiger partial charge in [-0.25, -0.2) is 12.7 Å². The van der Waals surface area contributed by atoms with Crippen LogP contribution in [0.25, 0.3) is 0 Å². The summed E-state index contributed by atoms with van der Waals surface area (Å²) >= 11 is 0. The number of piperidine rings is 1. The molecule has 22 heavy (non-hydrogen) atoms. The molecule has 1 aliphatic carbocycles. The van der Waals surface area contributed by atoms with Gasteiger partial charge in [-0.15, -0.1) is 0 Å². The van der Waals surface area contributed by atoms with E-state index in [1.54, 1.807) is 4.31 Å². The quantitative estimate of drug-likeness (QED) is 0.730. The smallest absolute Gasteiger partial charge is 0.230 e.